The van der Waals surface area contributed by atoms with E-state index in [-0.39, 0.29) is 32.6 Å². The van der Waals surface area contributed by atoms with Gasteiger partial charge in [-0.05, 0) is 77.0 Å². The van der Waals surface area contributed by atoms with Crippen molar-refractivity contribution in [3.63, 3.8) is 0 Å². The Morgan fingerprint density at radius 2 is 1.00 bits per heavy atom. The third kappa shape index (κ3) is 40.9. The maximum Gasteiger partial charge on any atom is 0.472 e. The van der Waals surface area contributed by atoms with Gasteiger partial charge in [0.1, 0.15) is 6.61 Å². The second-order valence-electron chi connectivity index (χ2n) is 13.8. The van der Waals surface area contributed by atoms with Crippen LogP contribution in [0, 0.1) is 0 Å². The average molecular weight is 792 g/mol. The zero-order chi connectivity index (χ0) is 40.3. The van der Waals surface area contributed by atoms with E-state index in [2.05, 4.69) is 86.8 Å². The van der Waals surface area contributed by atoms with Crippen LogP contribution in [-0.4, -0.2) is 49.3 Å². The summed E-state index contributed by atoms with van der Waals surface area (Å²) in [6, 6.07) is 0. The number of rotatable bonds is 39. The van der Waals surface area contributed by atoms with Crippen molar-refractivity contribution in [1.29, 1.82) is 0 Å². The largest absolute Gasteiger partial charge is 0.472 e. The fraction of sp³-hybridized carbons (Fsp3) is 0.689. The van der Waals surface area contributed by atoms with Gasteiger partial charge in [-0.1, -0.05) is 151 Å². The van der Waals surface area contributed by atoms with Crippen LogP contribution in [0.3, 0.4) is 0 Å². The molecule has 0 aliphatic carbocycles. The highest BCUT2D eigenvalue weighted by molar-refractivity contribution is 7.47. The van der Waals surface area contributed by atoms with Crippen molar-refractivity contribution in [3.05, 3.63) is 72.9 Å². The molecule has 0 fully saturated rings. The predicted molar refractivity (Wildman–Crippen MR) is 229 cm³/mol. The number of allylic oxidation sites excluding steroid dienone is 12. The van der Waals surface area contributed by atoms with E-state index in [0.717, 1.165) is 103 Å². The van der Waals surface area contributed by atoms with E-state index in [1.54, 1.807) is 0 Å². The van der Waals surface area contributed by atoms with Crippen LogP contribution in [0.15, 0.2) is 72.9 Å². The van der Waals surface area contributed by atoms with Crippen LogP contribution in [0.2, 0.25) is 0 Å². The van der Waals surface area contributed by atoms with Gasteiger partial charge >= 0.3 is 19.8 Å². The van der Waals surface area contributed by atoms with E-state index >= 15 is 0 Å². The van der Waals surface area contributed by atoms with E-state index in [0.29, 0.717) is 6.42 Å². The summed E-state index contributed by atoms with van der Waals surface area (Å²) in [4.78, 5) is 34.8. The molecule has 0 spiro atoms. The quantitative estimate of drug-likeness (QED) is 0.0270. The molecule has 0 saturated carbocycles. The van der Waals surface area contributed by atoms with Crippen molar-refractivity contribution < 1.29 is 37.6 Å². The van der Waals surface area contributed by atoms with Crippen molar-refractivity contribution in [2.75, 3.05) is 26.4 Å². The Kier molecular flexibility index (Phi) is 39.2. The van der Waals surface area contributed by atoms with Crippen molar-refractivity contribution in [2.24, 2.45) is 5.73 Å². The number of nitrogens with two attached hydrogens (primary N) is 1. The van der Waals surface area contributed by atoms with Crippen molar-refractivity contribution in [3.8, 4) is 0 Å². The Balaban J connectivity index is 4.16. The molecule has 2 atom stereocenters. The first kappa shape index (κ1) is 52.5. The molecule has 10 heteroatoms. The van der Waals surface area contributed by atoms with Crippen LogP contribution in [-0.2, 0) is 32.7 Å². The summed E-state index contributed by atoms with van der Waals surface area (Å²) in [5, 5.41) is 0. The highest BCUT2D eigenvalue weighted by Crippen LogP contribution is 2.43. The molecule has 0 aromatic heterocycles. The molecule has 3 N–H and O–H groups in total. The van der Waals surface area contributed by atoms with Crippen molar-refractivity contribution >= 4 is 19.8 Å². The number of phosphoric acid groups is 1. The fourth-order valence-electron chi connectivity index (χ4n) is 5.41. The predicted octanol–water partition coefficient (Wildman–Crippen LogP) is 12.3. The molecule has 0 radical (unpaired) electrons. The summed E-state index contributed by atoms with van der Waals surface area (Å²) in [6.45, 7) is 3.54. The molecule has 0 saturated heterocycles. The van der Waals surface area contributed by atoms with Crippen LogP contribution < -0.4 is 5.73 Å². The maximum absolute atomic E-state index is 12.6. The van der Waals surface area contributed by atoms with Gasteiger partial charge in [-0.3, -0.25) is 18.6 Å². The summed E-state index contributed by atoms with van der Waals surface area (Å²) >= 11 is 0. The minimum Gasteiger partial charge on any atom is -0.462 e. The first-order chi connectivity index (χ1) is 26.8. The molecule has 0 rings (SSSR count). The maximum atomic E-state index is 12.6. The second kappa shape index (κ2) is 41.1. The van der Waals surface area contributed by atoms with Crippen LogP contribution in [0.5, 0.6) is 0 Å². The zero-order valence-electron chi connectivity index (χ0n) is 34.6. The highest BCUT2D eigenvalue weighted by atomic mass is 31.2. The van der Waals surface area contributed by atoms with Gasteiger partial charge in [0.15, 0.2) is 6.10 Å². The molecule has 2 unspecified atom stereocenters. The summed E-state index contributed by atoms with van der Waals surface area (Å²) in [7, 11) is -4.38. The summed E-state index contributed by atoms with van der Waals surface area (Å²) < 4.78 is 32.7. The lowest BCUT2D eigenvalue weighted by molar-refractivity contribution is -0.161. The molecule has 0 heterocycles. The van der Waals surface area contributed by atoms with E-state index in [9.17, 15) is 19.0 Å². The molecule has 0 bridgehead atoms. The average Bonchev–Trinajstić information content (AvgIpc) is 3.17. The van der Waals surface area contributed by atoms with Gasteiger partial charge in [0.25, 0.3) is 0 Å². The first-order valence-electron chi connectivity index (χ1n) is 21.4. The lowest BCUT2D eigenvalue weighted by atomic mass is 10.1. The number of carbonyl (C=O) groups is 2. The van der Waals surface area contributed by atoms with Crippen molar-refractivity contribution in [2.45, 2.75) is 174 Å². The van der Waals surface area contributed by atoms with E-state index in [1.165, 1.54) is 32.1 Å². The van der Waals surface area contributed by atoms with Crippen LogP contribution in [0.25, 0.3) is 0 Å². The second-order valence-corrected chi connectivity index (χ2v) is 15.3. The Morgan fingerprint density at radius 1 is 0.564 bits per heavy atom. The number of unbranched alkanes of at least 4 members (excludes halogenated alkanes) is 14. The Labute approximate surface area is 335 Å². The molecular formula is C45H78NO8P. The summed E-state index contributed by atoms with van der Waals surface area (Å²) in [5.41, 5.74) is 5.34. The molecule has 9 nitrogen and oxygen atoms in total. The molecule has 0 aromatic rings. The van der Waals surface area contributed by atoms with Gasteiger partial charge in [-0.15, -0.1) is 0 Å². The lowest BCUT2D eigenvalue weighted by Gasteiger charge is -2.19. The fourth-order valence-corrected chi connectivity index (χ4v) is 6.17. The number of ether oxygens (including phenoxy) is 2. The number of hydrogen-bond donors (Lipinski definition) is 2. The van der Waals surface area contributed by atoms with Gasteiger partial charge in [-0.2, -0.15) is 0 Å². The third-order valence-corrected chi connectivity index (χ3v) is 9.56. The molecular weight excluding hydrogens is 713 g/mol. The van der Waals surface area contributed by atoms with E-state index in [1.807, 2.05) is 0 Å². The molecule has 0 amide bonds. The zero-order valence-corrected chi connectivity index (χ0v) is 35.5. The minimum absolute atomic E-state index is 0.0468. The Morgan fingerprint density at radius 3 is 1.51 bits per heavy atom. The highest BCUT2D eigenvalue weighted by Gasteiger charge is 2.26. The standard InChI is InChI=1S/C45H78NO8P/c1-3-5-7-9-11-13-15-16-17-18-19-20-21-22-23-24-25-26-28-30-32-34-36-38-45(48)54-43(42-53-55(49,50)52-40-39-46)41-51-44(47)37-35-33-31-29-27-14-12-10-8-6-4-2/h5,7,10-13,16-17,19-20,22-23,43H,3-4,6,8-9,14-15,18,21,24-42,46H2,1-2H3,(H,49,50)/b7-5-,12-10-,13-11-,17-16-,20-19-,23-22-. The van der Waals surface area contributed by atoms with Gasteiger partial charge in [0.2, 0.25) is 0 Å². The molecule has 0 aliphatic rings. The topological polar surface area (TPSA) is 134 Å². The summed E-state index contributed by atoms with van der Waals surface area (Å²) in [5.74, 6) is -0.859. The van der Waals surface area contributed by atoms with Crippen LogP contribution in [0.4, 0.5) is 0 Å². The lowest BCUT2D eigenvalue weighted by Crippen LogP contribution is -2.29. The molecule has 316 valence electrons. The number of esters is 2. The number of hydrogen-bond acceptors (Lipinski definition) is 8. The molecule has 0 aliphatic heterocycles. The first-order valence-corrected chi connectivity index (χ1v) is 22.9. The Bertz CT molecular complexity index is 1130. The third-order valence-electron chi connectivity index (χ3n) is 8.58. The summed E-state index contributed by atoms with van der Waals surface area (Å²) in [6.07, 6.45) is 49.3. The smallest absolute Gasteiger partial charge is 0.462 e. The molecule has 55 heavy (non-hydrogen) atoms. The Hall–Kier alpha value is -2.55. The van der Waals surface area contributed by atoms with Crippen molar-refractivity contribution in [1.82, 2.24) is 0 Å². The van der Waals surface area contributed by atoms with Crippen LogP contribution >= 0.6 is 7.82 Å². The monoisotopic (exact) mass is 792 g/mol. The SMILES string of the molecule is CC/C=C\C/C=C\C/C=C\C/C=C\C/C=C\CCCCCCCCCC(=O)OC(COC(=O)CCCCCCC/C=C\CCCC)COP(=O)(O)OCCN. The van der Waals surface area contributed by atoms with Gasteiger partial charge in [0.05, 0.1) is 13.2 Å². The van der Waals surface area contributed by atoms with Crippen LogP contribution in [0.1, 0.15) is 168 Å². The van der Waals surface area contributed by atoms with E-state index in [4.69, 9.17) is 24.3 Å². The number of phosphoric ester groups is 1. The number of carbonyl (C=O) groups excluding carboxylic acids is 2. The normalized spacial score (nSPS) is 14.0. The van der Waals surface area contributed by atoms with Gasteiger partial charge < -0.3 is 20.1 Å². The van der Waals surface area contributed by atoms with Gasteiger partial charge in [-0.25, -0.2) is 4.57 Å². The molecule has 0 aromatic carbocycles. The minimum atomic E-state index is -4.38. The van der Waals surface area contributed by atoms with Gasteiger partial charge in [0, 0.05) is 19.4 Å². The van der Waals surface area contributed by atoms with E-state index < -0.39 is 32.5 Å².